The number of benzene rings is 1. The van der Waals surface area contributed by atoms with Crippen LogP contribution in [0, 0.1) is 6.92 Å². The lowest BCUT2D eigenvalue weighted by Gasteiger charge is -2.18. The Morgan fingerprint density at radius 2 is 2.10 bits per heavy atom. The van der Waals surface area contributed by atoms with Gasteiger partial charge in [0.25, 0.3) is 0 Å². The molecule has 1 N–H and O–H groups in total. The maximum atomic E-state index is 6.32. The minimum Gasteiger partial charge on any atom is -0.306 e. The molecule has 0 aliphatic heterocycles. The van der Waals surface area contributed by atoms with Crippen molar-refractivity contribution in [3.8, 4) is 0 Å². The predicted octanol–water partition coefficient (Wildman–Crippen LogP) is 4.96. The van der Waals surface area contributed by atoms with E-state index in [1.165, 1.54) is 5.56 Å². The molecular weight excluding hydrogens is 300 g/mol. The first-order chi connectivity index (χ1) is 10.2. The number of thiophene rings is 1. The number of rotatable bonds is 4. The van der Waals surface area contributed by atoms with Crippen LogP contribution in [0.15, 0.2) is 41.8 Å². The van der Waals surface area contributed by atoms with Crippen molar-refractivity contribution >= 4 is 33.8 Å². The first-order valence-corrected chi connectivity index (χ1v) is 8.28. The molecular formula is C17H17ClN2S. The van der Waals surface area contributed by atoms with Crippen molar-refractivity contribution in [2.45, 2.75) is 19.9 Å². The Labute approximate surface area is 133 Å². The van der Waals surface area contributed by atoms with Crippen molar-refractivity contribution in [3.05, 3.63) is 62.9 Å². The van der Waals surface area contributed by atoms with Crippen molar-refractivity contribution in [3.63, 3.8) is 0 Å². The molecule has 108 valence electrons. The molecule has 1 aromatic carbocycles. The summed E-state index contributed by atoms with van der Waals surface area (Å²) in [4.78, 5) is 5.72. The lowest BCUT2D eigenvalue weighted by atomic mass is 10.0. The maximum absolute atomic E-state index is 6.32. The average molecular weight is 317 g/mol. The summed E-state index contributed by atoms with van der Waals surface area (Å²) in [7, 11) is 0. The van der Waals surface area contributed by atoms with Crippen LogP contribution in [0.4, 0.5) is 0 Å². The third-order valence-electron chi connectivity index (χ3n) is 3.50. The van der Waals surface area contributed by atoms with E-state index in [0.29, 0.717) is 0 Å². The van der Waals surface area contributed by atoms with Gasteiger partial charge in [0.05, 0.1) is 16.6 Å². The number of fused-ring (bicyclic) bond motifs is 1. The second-order valence-corrected chi connectivity index (χ2v) is 6.38. The van der Waals surface area contributed by atoms with E-state index in [-0.39, 0.29) is 6.04 Å². The van der Waals surface area contributed by atoms with Gasteiger partial charge >= 0.3 is 0 Å². The Bertz CT molecular complexity index is 766. The molecule has 1 atom stereocenters. The number of pyridine rings is 1. The second kappa shape index (κ2) is 6.14. The van der Waals surface area contributed by atoms with Crippen LogP contribution in [0.2, 0.25) is 5.02 Å². The molecule has 0 aliphatic carbocycles. The fourth-order valence-corrected chi connectivity index (χ4v) is 3.77. The Balaban J connectivity index is 2.07. The van der Waals surface area contributed by atoms with E-state index in [0.717, 1.165) is 33.0 Å². The summed E-state index contributed by atoms with van der Waals surface area (Å²) in [6, 6.07) is 12.7. The summed E-state index contributed by atoms with van der Waals surface area (Å²) in [5.74, 6) is 0. The minimum absolute atomic E-state index is 0.133. The number of nitrogens with one attached hydrogen (secondary N) is 1. The van der Waals surface area contributed by atoms with Gasteiger partial charge in [0.1, 0.15) is 0 Å². The fourth-order valence-electron chi connectivity index (χ4n) is 2.50. The van der Waals surface area contributed by atoms with E-state index in [1.807, 2.05) is 24.4 Å². The SMILES string of the molecule is CCNC(c1ccc2nc(C)ccc2c1)c1sccc1Cl. The van der Waals surface area contributed by atoms with E-state index in [9.17, 15) is 0 Å². The molecule has 21 heavy (non-hydrogen) atoms. The molecule has 2 nitrogen and oxygen atoms in total. The summed E-state index contributed by atoms with van der Waals surface area (Å²) in [5.41, 5.74) is 3.30. The third kappa shape index (κ3) is 2.95. The molecule has 0 spiro atoms. The number of aryl methyl sites for hydroxylation is 1. The highest BCUT2D eigenvalue weighted by Gasteiger charge is 2.17. The molecule has 4 heteroatoms. The van der Waals surface area contributed by atoms with Crippen molar-refractivity contribution in [1.29, 1.82) is 0 Å². The van der Waals surface area contributed by atoms with Crippen molar-refractivity contribution in [2.75, 3.05) is 6.54 Å². The molecule has 0 radical (unpaired) electrons. The highest BCUT2D eigenvalue weighted by Crippen LogP contribution is 2.33. The predicted molar refractivity (Wildman–Crippen MR) is 91.3 cm³/mol. The smallest absolute Gasteiger partial charge is 0.0705 e. The topological polar surface area (TPSA) is 24.9 Å². The highest BCUT2D eigenvalue weighted by molar-refractivity contribution is 7.10. The Hall–Kier alpha value is -1.42. The van der Waals surface area contributed by atoms with Gasteiger partial charge in [-0.05, 0) is 48.7 Å². The maximum Gasteiger partial charge on any atom is 0.0705 e. The van der Waals surface area contributed by atoms with Gasteiger partial charge in [-0.2, -0.15) is 0 Å². The van der Waals surface area contributed by atoms with E-state index < -0.39 is 0 Å². The van der Waals surface area contributed by atoms with Crippen LogP contribution in [-0.2, 0) is 0 Å². The molecule has 0 aliphatic rings. The molecule has 0 bridgehead atoms. The van der Waals surface area contributed by atoms with E-state index in [4.69, 9.17) is 11.6 Å². The standard InChI is InChI=1S/C17H17ClN2S/c1-3-19-16(17-14(18)8-9-21-17)13-6-7-15-12(10-13)5-4-11(2)20-15/h4-10,16,19H,3H2,1-2H3. The molecule has 1 unspecified atom stereocenters. The minimum atomic E-state index is 0.133. The number of aromatic nitrogens is 1. The zero-order valence-electron chi connectivity index (χ0n) is 12.1. The van der Waals surface area contributed by atoms with Gasteiger partial charge in [0.15, 0.2) is 0 Å². The summed E-state index contributed by atoms with van der Waals surface area (Å²) in [5, 5.41) is 7.55. The monoisotopic (exact) mass is 316 g/mol. The third-order valence-corrected chi connectivity index (χ3v) is 4.92. The zero-order chi connectivity index (χ0) is 14.8. The van der Waals surface area contributed by atoms with E-state index in [1.54, 1.807) is 11.3 Å². The second-order valence-electron chi connectivity index (χ2n) is 5.03. The van der Waals surface area contributed by atoms with Crippen LogP contribution in [0.25, 0.3) is 10.9 Å². The molecule has 0 saturated heterocycles. The molecule has 3 rings (SSSR count). The molecule has 2 heterocycles. The van der Waals surface area contributed by atoms with Crippen LogP contribution >= 0.6 is 22.9 Å². The molecule has 0 amide bonds. The summed E-state index contributed by atoms with van der Waals surface area (Å²) < 4.78 is 0. The Morgan fingerprint density at radius 1 is 1.24 bits per heavy atom. The summed E-state index contributed by atoms with van der Waals surface area (Å²) in [6.45, 7) is 5.02. The molecule has 0 fully saturated rings. The summed E-state index contributed by atoms with van der Waals surface area (Å²) in [6.07, 6.45) is 0. The van der Waals surface area contributed by atoms with Crippen molar-refractivity contribution < 1.29 is 0 Å². The molecule has 2 aromatic heterocycles. The lowest BCUT2D eigenvalue weighted by molar-refractivity contribution is 0.640. The van der Waals surface area contributed by atoms with Crippen LogP contribution < -0.4 is 5.32 Å². The van der Waals surface area contributed by atoms with Crippen molar-refractivity contribution in [2.24, 2.45) is 0 Å². The lowest BCUT2D eigenvalue weighted by Crippen LogP contribution is -2.21. The van der Waals surface area contributed by atoms with Crippen LogP contribution in [0.5, 0.6) is 0 Å². The Morgan fingerprint density at radius 3 is 2.81 bits per heavy atom. The first-order valence-electron chi connectivity index (χ1n) is 7.02. The van der Waals surface area contributed by atoms with Crippen LogP contribution in [0.3, 0.4) is 0 Å². The van der Waals surface area contributed by atoms with Crippen molar-refractivity contribution in [1.82, 2.24) is 10.3 Å². The number of halogens is 1. The van der Waals surface area contributed by atoms with Crippen LogP contribution in [0.1, 0.15) is 29.1 Å². The van der Waals surface area contributed by atoms with Gasteiger partial charge in [0, 0.05) is 16.0 Å². The van der Waals surface area contributed by atoms with Gasteiger partial charge in [-0.3, -0.25) is 4.98 Å². The largest absolute Gasteiger partial charge is 0.306 e. The van der Waals surface area contributed by atoms with E-state index in [2.05, 4.69) is 41.5 Å². The molecule has 3 aromatic rings. The molecule has 0 saturated carbocycles. The Kier molecular flexibility index (Phi) is 4.24. The first kappa shape index (κ1) is 14.5. The number of nitrogens with zero attached hydrogens (tertiary/aromatic N) is 1. The van der Waals surface area contributed by atoms with Gasteiger partial charge in [-0.15, -0.1) is 11.3 Å². The summed E-state index contributed by atoms with van der Waals surface area (Å²) >= 11 is 8.01. The quantitative estimate of drug-likeness (QED) is 0.736. The number of hydrogen-bond donors (Lipinski definition) is 1. The van der Waals surface area contributed by atoms with E-state index >= 15 is 0 Å². The fraction of sp³-hybridized carbons (Fsp3) is 0.235. The van der Waals surface area contributed by atoms with Gasteiger partial charge in [0.2, 0.25) is 0 Å². The average Bonchev–Trinajstić information content (AvgIpc) is 2.90. The number of hydrogen-bond acceptors (Lipinski definition) is 3. The van der Waals surface area contributed by atoms with Gasteiger partial charge < -0.3 is 5.32 Å². The van der Waals surface area contributed by atoms with Crippen LogP contribution in [-0.4, -0.2) is 11.5 Å². The highest BCUT2D eigenvalue weighted by atomic mass is 35.5. The zero-order valence-corrected chi connectivity index (χ0v) is 13.6. The van der Waals surface area contributed by atoms with Gasteiger partial charge in [-0.1, -0.05) is 30.7 Å². The normalized spacial score (nSPS) is 12.7. The van der Waals surface area contributed by atoms with Gasteiger partial charge in [-0.25, -0.2) is 0 Å².